The fourth-order valence-corrected chi connectivity index (χ4v) is 2.22. The van der Waals surface area contributed by atoms with Gasteiger partial charge in [-0.25, -0.2) is 4.39 Å². The minimum Gasteiger partial charge on any atom is -0.491 e. The molecule has 0 aliphatic rings. The van der Waals surface area contributed by atoms with E-state index in [1.807, 2.05) is 54.6 Å². The summed E-state index contributed by atoms with van der Waals surface area (Å²) in [5, 5.41) is 9.51. The Morgan fingerprint density at radius 3 is 2.52 bits per heavy atom. The van der Waals surface area contributed by atoms with E-state index in [2.05, 4.69) is 15.2 Å². The summed E-state index contributed by atoms with van der Waals surface area (Å²) in [6.45, 7) is 0.370. The van der Waals surface area contributed by atoms with Gasteiger partial charge in [-0.05, 0) is 48.5 Å². The van der Waals surface area contributed by atoms with Crippen LogP contribution in [0.2, 0.25) is 0 Å². The lowest BCUT2D eigenvalue weighted by atomic mass is 10.2. The van der Waals surface area contributed by atoms with Gasteiger partial charge in [0.1, 0.15) is 19.0 Å². The number of halogens is 1. The molecule has 1 heterocycles. The van der Waals surface area contributed by atoms with Gasteiger partial charge in [0.25, 0.3) is 0 Å². The third-order valence-corrected chi connectivity index (χ3v) is 3.42. The van der Waals surface area contributed by atoms with Crippen LogP contribution in [0.4, 0.5) is 15.8 Å². The van der Waals surface area contributed by atoms with Gasteiger partial charge in [0.2, 0.25) is 0 Å². The lowest BCUT2D eigenvalue weighted by molar-refractivity contribution is 0.0897. The summed E-state index contributed by atoms with van der Waals surface area (Å²) in [7, 11) is 0. The smallest absolute Gasteiger partial charge is 0.119 e. The van der Waals surface area contributed by atoms with Gasteiger partial charge in [0.15, 0.2) is 0 Å². The fraction of sp³-hybridized carbons (Fsp3) is 0.211. The Bertz CT molecular complexity index is 837. The Morgan fingerprint density at radius 2 is 1.68 bits per heavy atom. The van der Waals surface area contributed by atoms with E-state index < -0.39 is 6.67 Å². The predicted molar refractivity (Wildman–Crippen MR) is 94.7 cm³/mol. The summed E-state index contributed by atoms with van der Waals surface area (Å²) in [5.74, 6) is 0.708. The van der Waals surface area contributed by atoms with Crippen molar-refractivity contribution >= 4 is 22.3 Å². The molecule has 0 spiro atoms. The maximum Gasteiger partial charge on any atom is 0.119 e. The molecular weight excluding hydrogens is 321 g/mol. The summed E-state index contributed by atoms with van der Waals surface area (Å²) in [4.78, 5) is 4.28. The van der Waals surface area contributed by atoms with Gasteiger partial charge in [0.05, 0.1) is 30.1 Å². The van der Waals surface area contributed by atoms with Crippen molar-refractivity contribution < 1.29 is 13.9 Å². The zero-order valence-electron chi connectivity index (χ0n) is 13.6. The van der Waals surface area contributed by atoms with E-state index in [1.165, 1.54) is 0 Å². The second-order valence-corrected chi connectivity index (χ2v) is 5.22. The van der Waals surface area contributed by atoms with Crippen LogP contribution in [0.3, 0.4) is 0 Å². The van der Waals surface area contributed by atoms with Crippen LogP contribution in [0.25, 0.3) is 10.9 Å². The van der Waals surface area contributed by atoms with E-state index in [9.17, 15) is 4.39 Å². The van der Waals surface area contributed by atoms with Crippen LogP contribution in [-0.2, 0) is 4.74 Å². The largest absolute Gasteiger partial charge is 0.491 e. The highest BCUT2D eigenvalue weighted by Gasteiger charge is 1.97. The van der Waals surface area contributed by atoms with Crippen molar-refractivity contribution in [3.05, 3.63) is 60.8 Å². The number of hydrogen-bond acceptors (Lipinski definition) is 5. The first kappa shape index (κ1) is 17.0. The lowest BCUT2D eigenvalue weighted by Gasteiger charge is -2.06. The molecule has 0 atom stereocenters. The third kappa shape index (κ3) is 5.06. The Balaban J connectivity index is 1.57. The molecule has 3 rings (SSSR count). The Morgan fingerprint density at radius 1 is 0.880 bits per heavy atom. The summed E-state index contributed by atoms with van der Waals surface area (Å²) < 4.78 is 22.4. The first-order valence-corrected chi connectivity index (χ1v) is 7.98. The summed E-state index contributed by atoms with van der Waals surface area (Å²) in [5.41, 5.74) is 2.43. The average molecular weight is 339 g/mol. The van der Waals surface area contributed by atoms with Crippen LogP contribution >= 0.6 is 0 Å². The first-order valence-electron chi connectivity index (χ1n) is 7.98. The van der Waals surface area contributed by atoms with Crippen LogP contribution in [0, 0.1) is 0 Å². The van der Waals surface area contributed by atoms with Crippen molar-refractivity contribution in [2.75, 3.05) is 26.5 Å². The summed E-state index contributed by atoms with van der Waals surface area (Å²) >= 11 is 0. The average Bonchev–Trinajstić information content (AvgIpc) is 2.67. The van der Waals surface area contributed by atoms with Crippen molar-refractivity contribution in [1.82, 2.24) is 4.98 Å². The topological polar surface area (TPSA) is 56.1 Å². The van der Waals surface area contributed by atoms with E-state index in [4.69, 9.17) is 9.47 Å². The van der Waals surface area contributed by atoms with Crippen LogP contribution in [0.15, 0.2) is 71.0 Å². The molecule has 0 aliphatic carbocycles. The van der Waals surface area contributed by atoms with E-state index in [0.29, 0.717) is 19.0 Å². The molecule has 2 aromatic carbocycles. The van der Waals surface area contributed by atoms with Gasteiger partial charge in [-0.15, -0.1) is 0 Å². The third-order valence-electron chi connectivity index (χ3n) is 3.42. The highest BCUT2D eigenvalue weighted by Crippen LogP contribution is 2.23. The first-order chi connectivity index (χ1) is 12.3. The molecule has 0 saturated heterocycles. The molecule has 0 amide bonds. The van der Waals surface area contributed by atoms with E-state index in [-0.39, 0.29) is 6.61 Å². The zero-order chi connectivity index (χ0) is 17.3. The molecular formula is C19H18FN3O2. The number of ether oxygens (including phenoxy) is 2. The van der Waals surface area contributed by atoms with Crippen molar-refractivity contribution in [3.63, 3.8) is 0 Å². The summed E-state index contributed by atoms with van der Waals surface area (Å²) in [6, 6.07) is 16.9. The van der Waals surface area contributed by atoms with E-state index in [1.54, 1.807) is 6.20 Å². The molecule has 128 valence electrons. The maximum atomic E-state index is 11.9. The van der Waals surface area contributed by atoms with Gasteiger partial charge < -0.3 is 9.47 Å². The van der Waals surface area contributed by atoms with Crippen LogP contribution in [0.1, 0.15) is 0 Å². The van der Waals surface area contributed by atoms with E-state index >= 15 is 0 Å². The molecule has 0 bridgehead atoms. The molecule has 0 N–H and O–H groups in total. The quantitative estimate of drug-likeness (QED) is 0.428. The SMILES string of the molecule is FCCOCCOc1ccc(N=Nc2ccc3ncccc3c2)cc1. The minimum absolute atomic E-state index is 0.105. The Kier molecular flexibility index (Phi) is 6.01. The second kappa shape index (κ2) is 8.84. The van der Waals surface area contributed by atoms with Gasteiger partial charge in [0, 0.05) is 11.6 Å². The fourth-order valence-electron chi connectivity index (χ4n) is 2.22. The van der Waals surface area contributed by atoms with Crippen LogP contribution < -0.4 is 4.74 Å². The minimum atomic E-state index is -0.479. The molecule has 0 unspecified atom stereocenters. The molecule has 0 radical (unpaired) electrons. The van der Waals surface area contributed by atoms with Crippen molar-refractivity contribution in [2.45, 2.75) is 0 Å². The number of aromatic nitrogens is 1. The van der Waals surface area contributed by atoms with Crippen LogP contribution in [0.5, 0.6) is 5.75 Å². The molecule has 0 aliphatic heterocycles. The normalized spacial score (nSPS) is 11.2. The molecule has 0 saturated carbocycles. The summed E-state index contributed by atoms with van der Waals surface area (Å²) in [6.07, 6.45) is 1.76. The van der Waals surface area contributed by atoms with Gasteiger partial charge in [-0.1, -0.05) is 6.07 Å². The standard InChI is InChI=1S/C19H18FN3O2/c20-9-11-24-12-13-25-18-6-3-16(4-7-18)22-23-17-5-8-19-15(14-17)2-1-10-21-19/h1-8,10,14H,9,11-13H2. The molecule has 6 heteroatoms. The molecule has 5 nitrogen and oxygen atoms in total. The van der Waals surface area contributed by atoms with Gasteiger partial charge in [-0.3, -0.25) is 4.98 Å². The maximum absolute atomic E-state index is 11.9. The molecule has 1 aromatic heterocycles. The number of fused-ring (bicyclic) bond motifs is 1. The number of benzene rings is 2. The highest BCUT2D eigenvalue weighted by atomic mass is 19.1. The number of hydrogen-bond donors (Lipinski definition) is 0. The van der Waals surface area contributed by atoms with E-state index in [0.717, 1.165) is 22.3 Å². The Labute approximate surface area is 145 Å². The number of rotatable bonds is 8. The molecule has 0 fully saturated rings. The zero-order valence-corrected chi connectivity index (χ0v) is 13.6. The lowest BCUT2D eigenvalue weighted by Crippen LogP contribution is -2.07. The molecule has 3 aromatic rings. The monoisotopic (exact) mass is 339 g/mol. The number of pyridine rings is 1. The second-order valence-electron chi connectivity index (χ2n) is 5.22. The molecule has 25 heavy (non-hydrogen) atoms. The highest BCUT2D eigenvalue weighted by molar-refractivity contribution is 5.81. The van der Waals surface area contributed by atoms with Gasteiger partial charge >= 0.3 is 0 Å². The van der Waals surface area contributed by atoms with Crippen molar-refractivity contribution in [1.29, 1.82) is 0 Å². The number of nitrogens with zero attached hydrogens (tertiary/aromatic N) is 3. The predicted octanol–water partition coefficient (Wildman–Crippen LogP) is 5.02. The van der Waals surface area contributed by atoms with Crippen molar-refractivity contribution in [2.24, 2.45) is 10.2 Å². The Hall–Kier alpha value is -2.86. The van der Waals surface area contributed by atoms with Gasteiger partial charge in [-0.2, -0.15) is 10.2 Å². The number of alkyl halides is 1. The van der Waals surface area contributed by atoms with Crippen LogP contribution in [-0.4, -0.2) is 31.5 Å². The number of azo groups is 1. The van der Waals surface area contributed by atoms with Crippen molar-refractivity contribution in [3.8, 4) is 5.75 Å².